The topological polar surface area (TPSA) is 0 Å². The molecule has 0 aromatic heterocycles. The van der Waals surface area contributed by atoms with Crippen molar-refractivity contribution in [3.8, 4) is 0 Å². The van der Waals surface area contributed by atoms with E-state index in [-0.39, 0.29) is 0 Å². The summed E-state index contributed by atoms with van der Waals surface area (Å²) >= 11 is 12.7. The predicted octanol–water partition coefficient (Wildman–Crippen LogP) is 4.31. The molecule has 60 valence electrons. The van der Waals surface area contributed by atoms with E-state index in [1.54, 1.807) is 0 Å². The number of rotatable bonds is 1. The molecule has 0 saturated carbocycles. The van der Waals surface area contributed by atoms with Crippen LogP contribution in [-0.4, -0.2) is 0 Å². The molecule has 3 heteroatoms. The molecule has 0 aliphatic rings. The maximum Gasteiger partial charge on any atom is 0.0446 e. The zero-order chi connectivity index (χ0) is 8.43. The molecule has 11 heavy (non-hydrogen) atoms. The monoisotopic (exact) mass is 296 g/mol. The highest BCUT2D eigenvalue weighted by Gasteiger charge is 2.01. The van der Waals surface area contributed by atoms with Crippen LogP contribution in [0.1, 0.15) is 11.1 Å². The van der Waals surface area contributed by atoms with Crippen LogP contribution < -0.4 is 0 Å². The fourth-order valence-electron chi connectivity index (χ4n) is 0.819. The minimum atomic E-state index is 0.807. The van der Waals surface area contributed by atoms with Crippen molar-refractivity contribution >= 4 is 43.5 Å². The number of halogens is 3. The fourth-order valence-corrected chi connectivity index (χ4v) is 2.44. The Balaban J connectivity index is 3.21. The van der Waals surface area contributed by atoms with Crippen molar-refractivity contribution in [3.63, 3.8) is 0 Å². The van der Waals surface area contributed by atoms with Crippen LogP contribution in [-0.2, 0) is 5.33 Å². The van der Waals surface area contributed by atoms with Gasteiger partial charge in [0.05, 0.1) is 0 Å². The van der Waals surface area contributed by atoms with Gasteiger partial charge in [0.25, 0.3) is 0 Å². The third kappa shape index (κ3) is 2.20. The summed E-state index contributed by atoms with van der Waals surface area (Å²) in [6.45, 7) is 2.00. The second-order valence-electron chi connectivity index (χ2n) is 2.33. The van der Waals surface area contributed by atoms with E-state index in [9.17, 15) is 0 Å². The lowest BCUT2D eigenvalue weighted by molar-refractivity contribution is 1.34. The quantitative estimate of drug-likeness (QED) is 0.678. The lowest BCUT2D eigenvalue weighted by Gasteiger charge is -2.03. The Labute approximate surface area is 88.2 Å². The fraction of sp³-hybridized carbons (Fsp3) is 0.250. The van der Waals surface area contributed by atoms with Crippen LogP contribution in [0.3, 0.4) is 0 Å². The van der Waals surface area contributed by atoms with Crippen LogP contribution >= 0.6 is 43.5 Å². The third-order valence-corrected chi connectivity index (χ3v) is 3.22. The Morgan fingerprint density at radius 3 is 2.64 bits per heavy atom. The number of hydrogen-bond acceptors (Lipinski definition) is 0. The van der Waals surface area contributed by atoms with Gasteiger partial charge in [0, 0.05) is 14.8 Å². The molecule has 0 heterocycles. The van der Waals surface area contributed by atoms with E-state index in [4.69, 9.17) is 11.6 Å². The molecule has 0 nitrogen and oxygen atoms in total. The van der Waals surface area contributed by atoms with Crippen molar-refractivity contribution in [1.29, 1.82) is 0 Å². The first-order chi connectivity index (χ1) is 5.15. The molecule has 1 aromatic rings. The molecule has 0 bridgehead atoms. The smallest absolute Gasteiger partial charge is 0.0446 e. The maximum atomic E-state index is 5.90. The van der Waals surface area contributed by atoms with Gasteiger partial charge in [-0.25, -0.2) is 0 Å². The van der Waals surface area contributed by atoms with E-state index in [1.807, 2.05) is 13.0 Å². The molecule has 0 saturated heterocycles. The van der Waals surface area contributed by atoms with E-state index < -0.39 is 0 Å². The van der Waals surface area contributed by atoms with Gasteiger partial charge in [0.15, 0.2) is 0 Å². The van der Waals surface area contributed by atoms with E-state index in [2.05, 4.69) is 37.9 Å². The van der Waals surface area contributed by atoms with Crippen LogP contribution in [0.25, 0.3) is 0 Å². The molecule has 0 radical (unpaired) electrons. The molecule has 0 atom stereocenters. The number of aryl methyl sites for hydroxylation is 1. The first-order valence-corrected chi connectivity index (χ1v) is 5.45. The zero-order valence-corrected chi connectivity index (χ0v) is 9.92. The minimum Gasteiger partial charge on any atom is -0.0876 e. The van der Waals surface area contributed by atoms with Gasteiger partial charge in [-0.15, -0.1) is 0 Å². The highest BCUT2D eigenvalue weighted by molar-refractivity contribution is 9.10. The van der Waals surface area contributed by atoms with Gasteiger partial charge in [-0.3, -0.25) is 0 Å². The van der Waals surface area contributed by atoms with Gasteiger partial charge in [0.1, 0.15) is 0 Å². The molecular formula is C8H7Br2Cl. The molecule has 1 rings (SSSR count). The molecule has 0 aliphatic carbocycles. The Kier molecular flexibility index (Phi) is 3.41. The van der Waals surface area contributed by atoms with Crippen molar-refractivity contribution in [1.82, 2.24) is 0 Å². The lowest BCUT2D eigenvalue weighted by atomic mass is 10.2. The number of alkyl halides is 1. The van der Waals surface area contributed by atoms with E-state index in [0.29, 0.717) is 0 Å². The van der Waals surface area contributed by atoms with Crippen molar-refractivity contribution in [2.45, 2.75) is 12.3 Å². The third-order valence-electron chi connectivity index (χ3n) is 1.47. The van der Waals surface area contributed by atoms with Crippen LogP contribution in [0.4, 0.5) is 0 Å². The largest absolute Gasteiger partial charge is 0.0876 e. The van der Waals surface area contributed by atoms with E-state index >= 15 is 0 Å². The summed E-state index contributed by atoms with van der Waals surface area (Å²) in [4.78, 5) is 0. The van der Waals surface area contributed by atoms with Crippen molar-refractivity contribution < 1.29 is 0 Å². The van der Waals surface area contributed by atoms with Gasteiger partial charge in [-0.2, -0.15) is 0 Å². The van der Waals surface area contributed by atoms with E-state index in [1.165, 1.54) is 5.56 Å². The van der Waals surface area contributed by atoms with Gasteiger partial charge in [0.2, 0.25) is 0 Å². The van der Waals surface area contributed by atoms with Crippen LogP contribution in [0.2, 0.25) is 5.02 Å². The second kappa shape index (κ2) is 3.92. The second-order valence-corrected chi connectivity index (χ2v) is 4.15. The molecule has 0 N–H and O–H groups in total. The SMILES string of the molecule is Cc1cc(CBr)c(Br)cc1Cl. The van der Waals surface area contributed by atoms with Crippen LogP contribution in [0, 0.1) is 6.92 Å². The Bertz CT molecular complexity index is 271. The van der Waals surface area contributed by atoms with E-state index in [0.717, 1.165) is 20.4 Å². The van der Waals surface area contributed by atoms with Crippen molar-refractivity contribution in [2.75, 3.05) is 0 Å². The van der Waals surface area contributed by atoms with Crippen molar-refractivity contribution in [2.24, 2.45) is 0 Å². The average molecular weight is 298 g/mol. The summed E-state index contributed by atoms with van der Waals surface area (Å²) in [5.74, 6) is 0. The standard InChI is InChI=1S/C8H7Br2Cl/c1-5-2-6(4-9)7(10)3-8(5)11/h2-3H,4H2,1H3. The highest BCUT2D eigenvalue weighted by atomic mass is 79.9. The minimum absolute atomic E-state index is 0.807. The first kappa shape index (κ1) is 9.56. The average Bonchev–Trinajstić information content (AvgIpc) is 1.97. The maximum absolute atomic E-state index is 5.90. The lowest BCUT2D eigenvalue weighted by Crippen LogP contribution is -1.83. The van der Waals surface area contributed by atoms with Crippen molar-refractivity contribution in [3.05, 3.63) is 32.8 Å². The van der Waals surface area contributed by atoms with Gasteiger partial charge >= 0.3 is 0 Å². The first-order valence-electron chi connectivity index (χ1n) is 3.15. The van der Waals surface area contributed by atoms with Crippen LogP contribution in [0.5, 0.6) is 0 Å². The Hall–Kier alpha value is 0.470. The van der Waals surface area contributed by atoms with Gasteiger partial charge in [-0.1, -0.05) is 49.5 Å². The Morgan fingerprint density at radius 2 is 2.09 bits per heavy atom. The molecule has 0 aliphatic heterocycles. The van der Waals surface area contributed by atoms with Gasteiger partial charge in [-0.05, 0) is 24.1 Å². The number of hydrogen-bond donors (Lipinski definition) is 0. The molecule has 0 amide bonds. The number of benzene rings is 1. The summed E-state index contributed by atoms with van der Waals surface area (Å²) in [6.07, 6.45) is 0. The Morgan fingerprint density at radius 1 is 1.45 bits per heavy atom. The molecule has 0 spiro atoms. The molecular weight excluding hydrogens is 291 g/mol. The van der Waals surface area contributed by atoms with Crippen LogP contribution in [0.15, 0.2) is 16.6 Å². The summed E-state index contributed by atoms with van der Waals surface area (Å²) in [5, 5.41) is 1.66. The summed E-state index contributed by atoms with van der Waals surface area (Å²) < 4.78 is 1.06. The van der Waals surface area contributed by atoms with Gasteiger partial charge < -0.3 is 0 Å². The predicted molar refractivity (Wildman–Crippen MR) is 56.5 cm³/mol. The molecule has 0 fully saturated rings. The highest BCUT2D eigenvalue weighted by Crippen LogP contribution is 2.26. The summed E-state index contributed by atoms with van der Waals surface area (Å²) in [7, 11) is 0. The summed E-state index contributed by atoms with van der Waals surface area (Å²) in [5.41, 5.74) is 2.34. The zero-order valence-electron chi connectivity index (χ0n) is 6.00. The summed E-state index contributed by atoms with van der Waals surface area (Å²) in [6, 6.07) is 3.99. The molecule has 1 aromatic carbocycles. The normalized spacial score (nSPS) is 10.2. The molecule has 0 unspecified atom stereocenters.